The summed E-state index contributed by atoms with van der Waals surface area (Å²) in [6, 6.07) is 5.80. The van der Waals surface area contributed by atoms with Gasteiger partial charge in [0.2, 0.25) is 5.91 Å². The summed E-state index contributed by atoms with van der Waals surface area (Å²) in [6.07, 6.45) is 4.46. The Hall–Kier alpha value is -2.48. The van der Waals surface area contributed by atoms with Crippen LogP contribution in [0.4, 0.5) is 11.4 Å². The van der Waals surface area contributed by atoms with Gasteiger partial charge in [-0.15, -0.1) is 0 Å². The highest BCUT2D eigenvalue weighted by molar-refractivity contribution is 5.95. The number of amides is 2. The molecule has 0 aromatic heterocycles. The summed E-state index contributed by atoms with van der Waals surface area (Å²) in [5.41, 5.74) is 0.452. The van der Waals surface area contributed by atoms with Crippen LogP contribution in [0.3, 0.4) is 0 Å². The molecule has 0 bridgehead atoms. The molecule has 2 fully saturated rings. The van der Waals surface area contributed by atoms with Crippen molar-refractivity contribution in [2.45, 2.75) is 50.2 Å². The number of nitro groups is 1. The molecular formula is C16H21N4O4+. The standard InChI is InChI=1S/C16H20N4O4/c21-15(17-10-5-7-11(8-6-10)20(23)24)9-14-16(22)19-13-4-2-1-3-12(13)18-14/h5-8,12-14,18H,1-4,9H2,(H,17,21)(H,19,22)/p+1/t12-,13+,14-/m0/s1. The van der Waals surface area contributed by atoms with E-state index in [0.717, 1.165) is 25.7 Å². The van der Waals surface area contributed by atoms with Crippen LogP contribution < -0.4 is 16.0 Å². The highest BCUT2D eigenvalue weighted by Crippen LogP contribution is 2.19. The first kappa shape index (κ1) is 16.4. The lowest BCUT2D eigenvalue weighted by Gasteiger charge is -2.37. The summed E-state index contributed by atoms with van der Waals surface area (Å²) in [5.74, 6) is -0.355. The number of hydrogen-bond acceptors (Lipinski definition) is 4. The third kappa shape index (κ3) is 3.70. The smallest absolute Gasteiger partial charge is 0.279 e. The number of nitrogens with one attached hydrogen (secondary N) is 2. The zero-order valence-electron chi connectivity index (χ0n) is 13.2. The second-order valence-electron chi connectivity index (χ2n) is 6.42. The molecule has 0 radical (unpaired) electrons. The van der Waals surface area contributed by atoms with Crippen molar-refractivity contribution in [2.75, 3.05) is 5.32 Å². The lowest BCUT2D eigenvalue weighted by atomic mass is 9.87. The highest BCUT2D eigenvalue weighted by atomic mass is 16.6. The summed E-state index contributed by atoms with van der Waals surface area (Å²) in [4.78, 5) is 34.4. The van der Waals surface area contributed by atoms with Crippen LogP contribution in [0.1, 0.15) is 32.1 Å². The van der Waals surface area contributed by atoms with Crippen LogP contribution in [0.2, 0.25) is 0 Å². The Morgan fingerprint density at radius 3 is 2.71 bits per heavy atom. The topological polar surface area (TPSA) is 118 Å². The van der Waals surface area contributed by atoms with Gasteiger partial charge in [0.15, 0.2) is 6.04 Å². The monoisotopic (exact) mass is 333 g/mol. The van der Waals surface area contributed by atoms with Crippen LogP contribution >= 0.6 is 0 Å². The largest absolute Gasteiger partial charge is 0.342 e. The molecule has 1 aromatic carbocycles. The average Bonchev–Trinajstić information content (AvgIpc) is 2.56. The van der Waals surface area contributed by atoms with Crippen molar-refractivity contribution in [2.24, 2.45) is 0 Å². The normalized spacial score (nSPS) is 26.2. The molecule has 1 aliphatic heterocycles. The van der Waals surface area contributed by atoms with E-state index in [9.17, 15) is 19.7 Å². The van der Waals surface area contributed by atoms with E-state index < -0.39 is 11.0 Å². The lowest BCUT2D eigenvalue weighted by molar-refractivity contribution is -0.718. The number of non-ortho nitro benzene ring substituents is 1. The number of nitrogens with zero attached hydrogens (tertiary/aromatic N) is 1. The lowest BCUT2D eigenvalue weighted by Crippen LogP contribution is -3.03. The van der Waals surface area contributed by atoms with Gasteiger partial charge in [0.25, 0.3) is 11.6 Å². The van der Waals surface area contributed by atoms with E-state index in [1.165, 1.54) is 24.3 Å². The summed E-state index contributed by atoms with van der Waals surface area (Å²) < 4.78 is 0. The van der Waals surface area contributed by atoms with E-state index in [-0.39, 0.29) is 30.0 Å². The van der Waals surface area contributed by atoms with Gasteiger partial charge in [0, 0.05) is 24.2 Å². The Labute approximate surface area is 139 Å². The number of hydrogen-bond donors (Lipinski definition) is 3. The van der Waals surface area contributed by atoms with Crippen LogP contribution in [0.15, 0.2) is 24.3 Å². The minimum absolute atomic E-state index is 0.0312. The molecule has 1 heterocycles. The Kier molecular flexibility index (Phi) is 4.75. The molecule has 128 valence electrons. The molecule has 2 aliphatic rings. The maximum absolute atomic E-state index is 12.2. The van der Waals surface area contributed by atoms with Crippen molar-refractivity contribution in [3.8, 4) is 0 Å². The fraction of sp³-hybridized carbons (Fsp3) is 0.500. The van der Waals surface area contributed by atoms with Crippen LogP contribution in [0.25, 0.3) is 0 Å². The van der Waals surface area contributed by atoms with Gasteiger partial charge in [-0.05, 0) is 25.0 Å². The van der Waals surface area contributed by atoms with Crippen molar-refractivity contribution in [3.63, 3.8) is 0 Å². The maximum atomic E-state index is 12.2. The van der Waals surface area contributed by atoms with Gasteiger partial charge < -0.3 is 16.0 Å². The van der Waals surface area contributed by atoms with Crippen molar-refractivity contribution in [3.05, 3.63) is 34.4 Å². The Morgan fingerprint density at radius 1 is 1.29 bits per heavy atom. The third-order valence-electron chi connectivity index (χ3n) is 4.73. The molecule has 1 aromatic rings. The third-order valence-corrected chi connectivity index (χ3v) is 4.73. The average molecular weight is 333 g/mol. The number of benzene rings is 1. The van der Waals surface area contributed by atoms with Gasteiger partial charge in [0.05, 0.1) is 17.4 Å². The first-order chi connectivity index (χ1) is 11.5. The van der Waals surface area contributed by atoms with Crippen LogP contribution in [0.5, 0.6) is 0 Å². The van der Waals surface area contributed by atoms with Gasteiger partial charge in [-0.3, -0.25) is 19.7 Å². The molecule has 4 N–H and O–H groups in total. The Bertz CT molecular complexity index is 646. The minimum atomic E-state index is -0.493. The van der Waals surface area contributed by atoms with Crippen LogP contribution in [-0.4, -0.2) is 34.9 Å². The number of nitro benzene ring substituents is 1. The van der Waals surface area contributed by atoms with E-state index in [1.54, 1.807) is 0 Å². The first-order valence-electron chi connectivity index (χ1n) is 8.22. The van der Waals surface area contributed by atoms with Gasteiger partial charge in [-0.1, -0.05) is 6.42 Å². The fourth-order valence-corrected chi connectivity index (χ4v) is 3.48. The van der Waals surface area contributed by atoms with Crippen molar-refractivity contribution >= 4 is 23.2 Å². The SMILES string of the molecule is O=C(C[C@@H]1[NH2+][C@H]2CCCC[C@H]2NC1=O)Nc1ccc([N+](=O)[O-])cc1. The minimum Gasteiger partial charge on any atom is -0.342 e. The van der Waals surface area contributed by atoms with E-state index in [0.29, 0.717) is 11.7 Å². The second kappa shape index (κ2) is 6.96. The summed E-state index contributed by atoms with van der Waals surface area (Å²) in [6.45, 7) is 0. The van der Waals surface area contributed by atoms with E-state index >= 15 is 0 Å². The first-order valence-corrected chi connectivity index (χ1v) is 8.22. The number of anilines is 1. The quantitative estimate of drug-likeness (QED) is 0.542. The Morgan fingerprint density at radius 2 is 2.00 bits per heavy atom. The zero-order valence-corrected chi connectivity index (χ0v) is 13.2. The molecule has 1 saturated heterocycles. The number of carbonyl (C=O) groups excluding carboxylic acids is 2. The van der Waals surface area contributed by atoms with Crippen molar-refractivity contribution in [1.82, 2.24) is 5.32 Å². The van der Waals surface area contributed by atoms with Crippen LogP contribution in [-0.2, 0) is 9.59 Å². The molecule has 2 amide bonds. The number of nitrogens with two attached hydrogens (primary N) is 1. The highest BCUT2D eigenvalue weighted by Gasteiger charge is 2.40. The van der Waals surface area contributed by atoms with Crippen molar-refractivity contribution < 1.29 is 19.8 Å². The summed E-state index contributed by atoms with van der Waals surface area (Å²) in [5, 5.41) is 18.4. The van der Waals surface area contributed by atoms with E-state index in [2.05, 4.69) is 10.6 Å². The number of piperazine rings is 1. The predicted octanol–water partition coefficient (Wildman–Crippen LogP) is 0.296. The summed E-state index contributed by atoms with van der Waals surface area (Å²) in [7, 11) is 0. The molecule has 1 saturated carbocycles. The van der Waals surface area contributed by atoms with Gasteiger partial charge in [-0.25, -0.2) is 0 Å². The number of fused-ring (bicyclic) bond motifs is 1. The molecule has 3 rings (SSSR count). The molecule has 0 unspecified atom stereocenters. The van der Waals surface area contributed by atoms with E-state index in [4.69, 9.17) is 0 Å². The van der Waals surface area contributed by atoms with Gasteiger partial charge in [-0.2, -0.15) is 0 Å². The molecule has 8 nitrogen and oxygen atoms in total. The maximum Gasteiger partial charge on any atom is 0.279 e. The number of rotatable bonds is 4. The second-order valence-corrected chi connectivity index (χ2v) is 6.42. The summed E-state index contributed by atoms with van der Waals surface area (Å²) >= 11 is 0. The number of carbonyl (C=O) groups is 2. The van der Waals surface area contributed by atoms with Crippen LogP contribution in [0, 0.1) is 10.1 Å². The van der Waals surface area contributed by atoms with Crippen molar-refractivity contribution in [1.29, 1.82) is 0 Å². The predicted molar refractivity (Wildman–Crippen MR) is 86.2 cm³/mol. The molecule has 3 atom stereocenters. The van der Waals surface area contributed by atoms with Gasteiger partial charge >= 0.3 is 0 Å². The molecular weight excluding hydrogens is 312 g/mol. The molecule has 0 spiro atoms. The van der Waals surface area contributed by atoms with Gasteiger partial charge in [0.1, 0.15) is 6.04 Å². The molecule has 8 heteroatoms. The fourth-order valence-electron chi connectivity index (χ4n) is 3.48. The van der Waals surface area contributed by atoms with E-state index in [1.807, 2.05) is 5.32 Å². The zero-order chi connectivity index (χ0) is 17.1. The number of quaternary nitrogens is 1. The molecule has 24 heavy (non-hydrogen) atoms. The Balaban J connectivity index is 1.56. The molecule has 1 aliphatic carbocycles.